The summed E-state index contributed by atoms with van der Waals surface area (Å²) in [5.74, 6) is 0.0458. The zero-order valence-corrected chi connectivity index (χ0v) is 15.4. The Kier molecular flexibility index (Phi) is 6.08. The van der Waals surface area contributed by atoms with Crippen LogP contribution in [-0.2, 0) is 4.74 Å². The summed E-state index contributed by atoms with van der Waals surface area (Å²) in [4.78, 5) is 27.5. The predicted octanol–water partition coefficient (Wildman–Crippen LogP) is 4.24. The smallest absolute Gasteiger partial charge is 0.350 e. The van der Waals surface area contributed by atoms with Gasteiger partial charge >= 0.3 is 11.7 Å². The Hall–Kier alpha value is -2.48. The number of nitrogens with zero attached hydrogens (tertiary/aromatic N) is 2. The number of carbonyl (C=O) groups is 1. The van der Waals surface area contributed by atoms with Crippen molar-refractivity contribution in [2.45, 2.75) is 27.7 Å². The fourth-order valence-corrected chi connectivity index (χ4v) is 3.03. The summed E-state index contributed by atoms with van der Waals surface area (Å²) in [7, 11) is 0. The second kappa shape index (κ2) is 8.06. The van der Waals surface area contributed by atoms with Crippen molar-refractivity contribution in [1.82, 2.24) is 4.98 Å². The van der Waals surface area contributed by atoms with Gasteiger partial charge in [-0.1, -0.05) is 13.8 Å². The average molecular weight is 364 g/mol. The molecule has 0 aliphatic heterocycles. The van der Waals surface area contributed by atoms with E-state index in [0.29, 0.717) is 27.7 Å². The van der Waals surface area contributed by atoms with Crippen LogP contribution < -0.4 is 4.74 Å². The van der Waals surface area contributed by atoms with Gasteiger partial charge in [0.15, 0.2) is 5.75 Å². The largest absolute Gasteiger partial charge is 0.487 e. The summed E-state index contributed by atoms with van der Waals surface area (Å²) in [6.45, 7) is 8.04. The number of carbonyl (C=O) groups excluding carboxylic acids is 1. The quantitative estimate of drug-likeness (QED) is 0.414. The highest BCUT2D eigenvalue weighted by molar-refractivity contribution is 7.17. The van der Waals surface area contributed by atoms with Crippen LogP contribution in [0.15, 0.2) is 18.2 Å². The molecule has 7 nitrogen and oxygen atoms in total. The molecular formula is C17H20N2O5S. The van der Waals surface area contributed by atoms with E-state index >= 15 is 0 Å². The van der Waals surface area contributed by atoms with Crippen LogP contribution in [0.5, 0.6) is 5.75 Å². The van der Waals surface area contributed by atoms with Gasteiger partial charge in [-0.05, 0) is 31.9 Å². The van der Waals surface area contributed by atoms with Crippen LogP contribution in [0, 0.1) is 23.0 Å². The first-order chi connectivity index (χ1) is 11.8. The molecule has 0 radical (unpaired) electrons. The minimum Gasteiger partial charge on any atom is -0.487 e. The average Bonchev–Trinajstić information content (AvgIpc) is 2.94. The lowest BCUT2D eigenvalue weighted by Crippen LogP contribution is -2.06. The van der Waals surface area contributed by atoms with Crippen LogP contribution in [-0.4, -0.2) is 29.1 Å². The topological polar surface area (TPSA) is 91.6 Å². The van der Waals surface area contributed by atoms with E-state index in [-0.39, 0.29) is 24.0 Å². The van der Waals surface area contributed by atoms with E-state index in [2.05, 4.69) is 4.98 Å². The third-order valence-electron chi connectivity index (χ3n) is 3.23. The van der Waals surface area contributed by atoms with Gasteiger partial charge in [0.05, 0.1) is 23.8 Å². The molecule has 2 aromatic rings. The van der Waals surface area contributed by atoms with E-state index in [4.69, 9.17) is 9.47 Å². The molecule has 2 rings (SSSR count). The summed E-state index contributed by atoms with van der Waals surface area (Å²) >= 11 is 1.16. The Balaban J connectivity index is 2.37. The standard InChI is InChI=1S/C17H20N2O5S/c1-5-23-17(20)15-11(4)18-16(25-15)12-6-7-14(24-9-10(2)3)13(8-12)19(21)22/h6-8,10H,5,9H2,1-4H3. The molecule has 1 aromatic carbocycles. The molecule has 1 heterocycles. The zero-order chi connectivity index (χ0) is 18.6. The lowest BCUT2D eigenvalue weighted by molar-refractivity contribution is -0.385. The van der Waals surface area contributed by atoms with Gasteiger partial charge in [-0.2, -0.15) is 0 Å². The summed E-state index contributed by atoms with van der Waals surface area (Å²) in [6.07, 6.45) is 0. The summed E-state index contributed by atoms with van der Waals surface area (Å²) in [6, 6.07) is 4.69. The molecule has 25 heavy (non-hydrogen) atoms. The number of hydrogen-bond acceptors (Lipinski definition) is 7. The van der Waals surface area contributed by atoms with Crippen molar-refractivity contribution in [3.05, 3.63) is 38.9 Å². The van der Waals surface area contributed by atoms with Gasteiger partial charge in [0.1, 0.15) is 9.88 Å². The highest BCUT2D eigenvalue weighted by Gasteiger charge is 2.21. The van der Waals surface area contributed by atoms with E-state index in [0.717, 1.165) is 11.3 Å². The number of nitro benzene ring substituents is 1. The molecule has 0 amide bonds. The number of nitro groups is 1. The normalized spacial score (nSPS) is 10.8. The molecular weight excluding hydrogens is 344 g/mol. The lowest BCUT2D eigenvalue weighted by atomic mass is 10.2. The fraction of sp³-hybridized carbons (Fsp3) is 0.412. The summed E-state index contributed by atoms with van der Waals surface area (Å²) in [5.41, 5.74) is 0.983. The Labute approximate surface area is 149 Å². The molecule has 0 fully saturated rings. The highest BCUT2D eigenvalue weighted by Crippen LogP contribution is 2.35. The number of thiazole rings is 1. The van der Waals surface area contributed by atoms with Gasteiger partial charge in [-0.3, -0.25) is 10.1 Å². The second-order valence-corrected chi connectivity index (χ2v) is 6.80. The third-order valence-corrected chi connectivity index (χ3v) is 4.42. The maximum Gasteiger partial charge on any atom is 0.350 e. The molecule has 0 N–H and O–H groups in total. The molecule has 0 aliphatic carbocycles. The second-order valence-electron chi connectivity index (χ2n) is 5.80. The number of benzene rings is 1. The van der Waals surface area contributed by atoms with E-state index < -0.39 is 10.9 Å². The first kappa shape index (κ1) is 18.9. The van der Waals surface area contributed by atoms with Crippen LogP contribution >= 0.6 is 11.3 Å². The molecule has 134 valence electrons. The molecule has 1 aromatic heterocycles. The minimum atomic E-state index is -0.480. The number of aryl methyl sites for hydroxylation is 1. The fourth-order valence-electron chi connectivity index (χ4n) is 2.08. The summed E-state index contributed by atoms with van der Waals surface area (Å²) < 4.78 is 10.5. The van der Waals surface area contributed by atoms with Gasteiger partial charge in [-0.25, -0.2) is 9.78 Å². The molecule has 8 heteroatoms. The van der Waals surface area contributed by atoms with Crippen molar-refractivity contribution >= 4 is 23.0 Å². The van der Waals surface area contributed by atoms with Gasteiger partial charge in [0, 0.05) is 11.6 Å². The number of hydrogen-bond donors (Lipinski definition) is 0. The molecule has 0 saturated carbocycles. The van der Waals surface area contributed by atoms with E-state index in [1.54, 1.807) is 26.0 Å². The van der Waals surface area contributed by atoms with Gasteiger partial charge in [0.2, 0.25) is 0 Å². The monoisotopic (exact) mass is 364 g/mol. The van der Waals surface area contributed by atoms with Crippen LogP contribution in [0.4, 0.5) is 5.69 Å². The predicted molar refractivity (Wildman–Crippen MR) is 95.2 cm³/mol. The molecule has 0 saturated heterocycles. The maximum absolute atomic E-state index is 11.9. The van der Waals surface area contributed by atoms with Crippen molar-refractivity contribution in [2.24, 2.45) is 5.92 Å². The van der Waals surface area contributed by atoms with Crippen LogP contribution in [0.1, 0.15) is 36.1 Å². The maximum atomic E-state index is 11.9. The Bertz CT molecular complexity index is 785. The van der Waals surface area contributed by atoms with Crippen LogP contribution in [0.3, 0.4) is 0 Å². The molecule has 0 unspecified atom stereocenters. The third kappa shape index (κ3) is 4.54. The highest BCUT2D eigenvalue weighted by atomic mass is 32.1. The van der Waals surface area contributed by atoms with Gasteiger partial charge < -0.3 is 9.47 Å². The van der Waals surface area contributed by atoms with Crippen molar-refractivity contribution < 1.29 is 19.2 Å². The van der Waals surface area contributed by atoms with Crippen molar-refractivity contribution in [2.75, 3.05) is 13.2 Å². The number of esters is 1. The number of ether oxygens (including phenoxy) is 2. The van der Waals surface area contributed by atoms with Crippen LogP contribution in [0.2, 0.25) is 0 Å². The Morgan fingerprint density at radius 2 is 2.12 bits per heavy atom. The Morgan fingerprint density at radius 1 is 1.40 bits per heavy atom. The first-order valence-corrected chi connectivity index (χ1v) is 8.71. The number of aromatic nitrogens is 1. The van der Waals surface area contributed by atoms with E-state index in [1.165, 1.54) is 6.07 Å². The van der Waals surface area contributed by atoms with Gasteiger partial charge in [0.25, 0.3) is 0 Å². The van der Waals surface area contributed by atoms with Gasteiger partial charge in [-0.15, -0.1) is 11.3 Å². The first-order valence-electron chi connectivity index (χ1n) is 7.89. The number of rotatable bonds is 7. The molecule has 0 aliphatic rings. The van der Waals surface area contributed by atoms with E-state index in [9.17, 15) is 14.9 Å². The molecule has 0 atom stereocenters. The molecule has 0 spiro atoms. The SMILES string of the molecule is CCOC(=O)c1sc(-c2ccc(OCC(C)C)c([N+](=O)[O-])c2)nc1C. The zero-order valence-electron chi connectivity index (χ0n) is 14.6. The minimum absolute atomic E-state index is 0.122. The van der Waals surface area contributed by atoms with Crippen molar-refractivity contribution in [3.63, 3.8) is 0 Å². The van der Waals surface area contributed by atoms with Crippen molar-refractivity contribution in [3.8, 4) is 16.3 Å². The van der Waals surface area contributed by atoms with E-state index in [1.807, 2.05) is 13.8 Å². The van der Waals surface area contributed by atoms with Crippen molar-refractivity contribution in [1.29, 1.82) is 0 Å². The molecule has 0 bridgehead atoms. The summed E-state index contributed by atoms with van der Waals surface area (Å²) in [5, 5.41) is 11.9. The Morgan fingerprint density at radius 3 is 2.72 bits per heavy atom. The lowest BCUT2D eigenvalue weighted by Gasteiger charge is -2.09. The van der Waals surface area contributed by atoms with Crippen LogP contribution in [0.25, 0.3) is 10.6 Å².